The summed E-state index contributed by atoms with van der Waals surface area (Å²) in [5.74, 6) is 0.780. The first-order valence-electron chi connectivity index (χ1n) is 6.97. The van der Waals surface area contributed by atoms with Gasteiger partial charge in [-0.2, -0.15) is 0 Å². The summed E-state index contributed by atoms with van der Waals surface area (Å²) in [6.07, 6.45) is 0. The maximum atomic E-state index is 6.10. The Balaban J connectivity index is 2.03. The van der Waals surface area contributed by atoms with Crippen LogP contribution in [-0.4, -0.2) is 14.3 Å². The molecule has 0 saturated heterocycles. The highest BCUT2D eigenvalue weighted by molar-refractivity contribution is 7.06. The van der Waals surface area contributed by atoms with Gasteiger partial charge in [0.05, 0.1) is 5.56 Å². The van der Waals surface area contributed by atoms with Crippen molar-refractivity contribution in [3.8, 4) is 17.1 Å². The number of benzene rings is 2. The second kappa shape index (κ2) is 7.46. The van der Waals surface area contributed by atoms with Crippen LogP contribution < -0.4 is 9.27 Å². The molecule has 8 heteroatoms. The highest BCUT2D eigenvalue weighted by atomic mass is 35.6. The van der Waals surface area contributed by atoms with Gasteiger partial charge in [-0.25, -0.2) is 0 Å². The number of para-hydroxylation sites is 1. The Labute approximate surface area is 163 Å². The monoisotopic (exact) mass is 418 g/mol. The molecule has 1 aromatic heterocycles. The third kappa shape index (κ3) is 4.13. The average molecular weight is 420 g/mol. The standard InChI is InChI=1S/C16H11Cl4N3S/c17-14(16(18,19)20)22-15-21-13(11-7-3-1-4-8-11)23(24-15)12-9-5-2-6-10-12/h1-10,14H/p+1/t14-/m0/s1. The van der Waals surface area contributed by atoms with E-state index in [1.54, 1.807) is 0 Å². The summed E-state index contributed by atoms with van der Waals surface area (Å²) < 4.78 is 0.358. The van der Waals surface area contributed by atoms with Crippen LogP contribution in [0.15, 0.2) is 60.7 Å². The molecule has 1 atom stereocenters. The van der Waals surface area contributed by atoms with Gasteiger partial charge in [-0.05, 0) is 29.2 Å². The molecular formula is C16H12Cl4N3S+. The van der Waals surface area contributed by atoms with Crippen molar-refractivity contribution in [2.45, 2.75) is 9.29 Å². The zero-order chi connectivity index (χ0) is 17.2. The SMILES string of the molecule is Cl[C@@H](Nc1nc(-c2ccccc2)[n+](-c2ccccc2)s1)C(Cl)(Cl)Cl. The van der Waals surface area contributed by atoms with E-state index in [9.17, 15) is 0 Å². The lowest BCUT2D eigenvalue weighted by atomic mass is 10.2. The van der Waals surface area contributed by atoms with Gasteiger partial charge in [-0.3, -0.25) is 0 Å². The normalized spacial score (nSPS) is 12.8. The molecule has 0 aliphatic carbocycles. The Bertz CT molecular complexity index is 746. The molecule has 3 rings (SSSR count). The molecule has 0 fully saturated rings. The second-order valence-corrected chi connectivity index (χ2v) is 8.62. The predicted octanol–water partition coefficient (Wildman–Crippen LogP) is 5.43. The fourth-order valence-electron chi connectivity index (χ4n) is 2.05. The summed E-state index contributed by atoms with van der Waals surface area (Å²) in [6, 6.07) is 19.8. The van der Waals surface area contributed by atoms with E-state index in [1.165, 1.54) is 11.5 Å². The fourth-order valence-corrected chi connectivity index (χ4v) is 3.31. The Morgan fingerprint density at radius 3 is 2.12 bits per heavy atom. The van der Waals surface area contributed by atoms with Crippen molar-refractivity contribution in [2.75, 3.05) is 5.32 Å². The maximum Gasteiger partial charge on any atom is 0.350 e. The van der Waals surface area contributed by atoms with E-state index < -0.39 is 9.29 Å². The van der Waals surface area contributed by atoms with Crippen LogP contribution in [0.2, 0.25) is 0 Å². The third-order valence-electron chi connectivity index (χ3n) is 3.14. The highest BCUT2D eigenvalue weighted by Crippen LogP contribution is 2.35. The minimum absolute atomic E-state index is 0.559. The lowest BCUT2D eigenvalue weighted by Crippen LogP contribution is -2.28. The third-order valence-corrected chi connectivity index (χ3v) is 5.51. The summed E-state index contributed by atoms with van der Waals surface area (Å²) in [7, 11) is 0. The smallest absolute Gasteiger partial charge is 0.317 e. The summed E-state index contributed by atoms with van der Waals surface area (Å²) in [4.78, 5) is 4.62. The summed E-state index contributed by atoms with van der Waals surface area (Å²) >= 11 is 24.9. The minimum atomic E-state index is -1.64. The van der Waals surface area contributed by atoms with Crippen molar-refractivity contribution < 1.29 is 3.96 Å². The second-order valence-electron chi connectivity index (χ2n) is 4.88. The number of hydrogen-bond donors (Lipinski definition) is 1. The van der Waals surface area contributed by atoms with Gasteiger partial charge in [0.25, 0.3) is 0 Å². The molecule has 2 aromatic carbocycles. The number of anilines is 1. The molecule has 0 unspecified atom stereocenters. The number of nitrogens with zero attached hydrogens (tertiary/aromatic N) is 2. The van der Waals surface area contributed by atoms with Crippen LogP contribution in [-0.2, 0) is 0 Å². The first-order valence-corrected chi connectivity index (χ1v) is 9.31. The van der Waals surface area contributed by atoms with Crippen molar-refractivity contribution in [1.29, 1.82) is 0 Å². The molecule has 1 N–H and O–H groups in total. The van der Waals surface area contributed by atoms with Crippen LogP contribution in [0.4, 0.5) is 5.13 Å². The maximum absolute atomic E-state index is 6.10. The van der Waals surface area contributed by atoms with Crippen LogP contribution >= 0.6 is 57.9 Å². The van der Waals surface area contributed by atoms with Crippen molar-refractivity contribution >= 4 is 63.1 Å². The summed E-state index contributed by atoms with van der Waals surface area (Å²) in [6.45, 7) is 0. The van der Waals surface area contributed by atoms with Gasteiger partial charge < -0.3 is 5.32 Å². The molecule has 0 radical (unpaired) electrons. The van der Waals surface area contributed by atoms with Gasteiger partial charge >= 0.3 is 11.0 Å². The van der Waals surface area contributed by atoms with Gasteiger partial charge in [0, 0.05) is 0 Å². The van der Waals surface area contributed by atoms with Crippen molar-refractivity contribution in [3.05, 3.63) is 60.7 Å². The van der Waals surface area contributed by atoms with E-state index in [1.807, 2.05) is 64.6 Å². The fraction of sp³-hybridized carbons (Fsp3) is 0.125. The van der Waals surface area contributed by atoms with Crippen LogP contribution in [0.1, 0.15) is 0 Å². The number of aromatic nitrogens is 2. The van der Waals surface area contributed by atoms with E-state index in [2.05, 4.69) is 10.3 Å². The first kappa shape index (κ1) is 17.8. The molecule has 0 bridgehead atoms. The number of alkyl halides is 4. The number of rotatable bonds is 4. The van der Waals surface area contributed by atoms with E-state index in [4.69, 9.17) is 46.4 Å². The van der Waals surface area contributed by atoms with Gasteiger partial charge in [0.1, 0.15) is 17.2 Å². The Morgan fingerprint density at radius 2 is 1.54 bits per heavy atom. The number of nitrogens with one attached hydrogen (secondary N) is 1. The predicted molar refractivity (Wildman–Crippen MR) is 103 cm³/mol. The molecule has 24 heavy (non-hydrogen) atoms. The molecule has 124 valence electrons. The van der Waals surface area contributed by atoms with Crippen LogP contribution in [0.25, 0.3) is 17.1 Å². The van der Waals surface area contributed by atoms with Gasteiger partial charge in [-0.15, -0.1) is 3.96 Å². The van der Waals surface area contributed by atoms with Crippen LogP contribution in [0, 0.1) is 0 Å². The van der Waals surface area contributed by atoms with Gasteiger partial charge in [0.2, 0.25) is 3.79 Å². The Hall–Kier alpha value is -1.04. The van der Waals surface area contributed by atoms with E-state index >= 15 is 0 Å². The van der Waals surface area contributed by atoms with E-state index in [0.717, 1.165) is 17.1 Å². The Kier molecular flexibility index (Phi) is 5.52. The number of hydrogen-bond acceptors (Lipinski definition) is 3. The van der Waals surface area contributed by atoms with Gasteiger partial charge in [-0.1, -0.05) is 82.8 Å². The minimum Gasteiger partial charge on any atom is -0.317 e. The molecule has 0 aliphatic heterocycles. The van der Waals surface area contributed by atoms with Crippen molar-refractivity contribution in [3.63, 3.8) is 0 Å². The first-order chi connectivity index (χ1) is 11.4. The van der Waals surface area contributed by atoms with Crippen molar-refractivity contribution in [2.24, 2.45) is 0 Å². The topological polar surface area (TPSA) is 28.8 Å². The zero-order valence-corrected chi connectivity index (χ0v) is 16.0. The molecule has 0 spiro atoms. The molecule has 1 heterocycles. The largest absolute Gasteiger partial charge is 0.350 e. The van der Waals surface area contributed by atoms with Crippen LogP contribution in [0.3, 0.4) is 0 Å². The average Bonchev–Trinajstić information content (AvgIpc) is 2.99. The Morgan fingerprint density at radius 1 is 0.958 bits per heavy atom. The summed E-state index contributed by atoms with van der Waals surface area (Å²) in [5.41, 5.74) is 1.06. The molecule has 0 amide bonds. The van der Waals surface area contributed by atoms with Crippen LogP contribution in [0.5, 0.6) is 0 Å². The lowest BCUT2D eigenvalue weighted by molar-refractivity contribution is -0.509. The number of halogens is 4. The van der Waals surface area contributed by atoms with Crippen molar-refractivity contribution in [1.82, 2.24) is 4.98 Å². The molecule has 0 saturated carbocycles. The molecule has 0 aliphatic rings. The molecule has 3 nitrogen and oxygen atoms in total. The summed E-state index contributed by atoms with van der Waals surface area (Å²) in [5, 5.41) is 3.50. The van der Waals surface area contributed by atoms with E-state index in [0.29, 0.717) is 5.13 Å². The quantitative estimate of drug-likeness (QED) is 0.346. The zero-order valence-electron chi connectivity index (χ0n) is 12.2. The molecule has 3 aromatic rings. The lowest BCUT2D eigenvalue weighted by Gasteiger charge is -2.16. The molecular weight excluding hydrogens is 408 g/mol. The van der Waals surface area contributed by atoms with E-state index in [-0.39, 0.29) is 0 Å². The van der Waals surface area contributed by atoms with Gasteiger partial charge in [0.15, 0.2) is 5.50 Å². The highest BCUT2D eigenvalue weighted by Gasteiger charge is 2.34.